The second-order valence-electron chi connectivity index (χ2n) is 5.43. The summed E-state index contributed by atoms with van der Waals surface area (Å²) in [6.45, 7) is 1.83. The second-order valence-corrected chi connectivity index (χ2v) is 6.98. The maximum absolute atomic E-state index is 12.5. The molecule has 0 aromatic heterocycles. The van der Waals surface area contributed by atoms with Crippen LogP contribution >= 0.6 is 0 Å². The summed E-state index contributed by atoms with van der Waals surface area (Å²) in [4.78, 5) is 23.6. The average Bonchev–Trinajstić information content (AvgIpc) is 2.66. The van der Waals surface area contributed by atoms with E-state index in [2.05, 4.69) is 9.47 Å². The van der Waals surface area contributed by atoms with Crippen LogP contribution < -0.4 is 4.18 Å². The number of ether oxygens (including phenoxy) is 2. The third-order valence-corrected chi connectivity index (χ3v) is 4.79. The van der Waals surface area contributed by atoms with Gasteiger partial charge in [0, 0.05) is 5.56 Å². The van der Waals surface area contributed by atoms with Crippen LogP contribution in [0.2, 0.25) is 0 Å². The van der Waals surface area contributed by atoms with Crippen molar-refractivity contribution in [2.45, 2.75) is 11.8 Å². The Balaban J connectivity index is 2.46. The van der Waals surface area contributed by atoms with Crippen LogP contribution in [-0.4, -0.2) is 34.6 Å². The van der Waals surface area contributed by atoms with E-state index in [4.69, 9.17) is 4.18 Å². The van der Waals surface area contributed by atoms with Crippen LogP contribution in [0.1, 0.15) is 11.1 Å². The molecule has 2 aromatic rings. The molecule has 0 N–H and O–H groups in total. The van der Waals surface area contributed by atoms with E-state index in [1.807, 2.05) is 6.92 Å². The lowest BCUT2D eigenvalue weighted by Crippen LogP contribution is -2.16. The predicted octanol–water partition coefficient (Wildman–Crippen LogP) is 2.49. The number of para-hydroxylation sites is 1. The summed E-state index contributed by atoms with van der Waals surface area (Å²) in [6.07, 6.45) is 1.15. The van der Waals surface area contributed by atoms with Crippen molar-refractivity contribution < 1.29 is 31.7 Å². The van der Waals surface area contributed by atoms with E-state index in [0.717, 1.165) is 25.9 Å². The van der Waals surface area contributed by atoms with Crippen molar-refractivity contribution in [3.05, 3.63) is 65.2 Å². The molecule has 8 heteroatoms. The summed E-state index contributed by atoms with van der Waals surface area (Å²) >= 11 is 0. The lowest BCUT2D eigenvalue weighted by atomic mass is 10.1. The van der Waals surface area contributed by atoms with Crippen LogP contribution in [0.4, 0.5) is 0 Å². The van der Waals surface area contributed by atoms with Crippen LogP contribution in [0.15, 0.2) is 59.0 Å². The van der Waals surface area contributed by atoms with Gasteiger partial charge in [0.05, 0.1) is 14.2 Å². The quantitative estimate of drug-likeness (QED) is 0.246. The molecule has 0 aliphatic rings. The Bertz CT molecular complexity index is 955. The van der Waals surface area contributed by atoms with E-state index in [1.54, 1.807) is 24.3 Å². The highest BCUT2D eigenvalue weighted by atomic mass is 32.2. The van der Waals surface area contributed by atoms with Crippen molar-refractivity contribution in [3.8, 4) is 5.75 Å². The number of carbonyl (C=O) groups excluding carboxylic acids is 2. The molecule has 0 saturated heterocycles. The third-order valence-electron chi connectivity index (χ3n) is 3.54. The summed E-state index contributed by atoms with van der Waals surface area (Å²) in [7, 11) is -1.87. The van der Waals surface area contributed by atoms with Gasteiger partial charge < -0.3 is 13.7 Å². The van der Waals surface area contributed by atoms with E-state index >= 15 is 0 Å². The van der Waals surface area contributed by atoms with Crippen LogP contribution in [-0.2, 0) is 29.2 Å². The van der Waals surface area contributed by atoms with Gasteiger partial charge >= 0.3 is 22.1 Å². The fourth-order valence-electron chi connectivity index (χ4n) is 2.12. The molecule has 2 aromatic carbocycles. The first kappa shape index (κ1) is 20.2. The van der Waals surface area contributed by atoms with Crippen molar-refractivity contribution in [3.63, 3.8) is 0 Å². The molecule has 0 fully saturated rings. The molecule has 0 atom stereocenters. The van der Waals surface area contributed by atoms with Gasteiger partial charge in [-0.25, -0.2) is 9.59 Å². The molecule has 0 saturated carbocycles. The zero-order chi connectivity index (χ0) is 20.0. The molecule has 0 spiro atoms. The summed E-state index contributed by atoms with van der Waals surface area (Å²) in [5, 5.41) is 0. The molecule has 0 radical (unpaired) electrons. The fraction of sp³-hybridized carbons (Fsp3) is 0.158. The molecule has 0 aliphatic carbocycles. The number of rotatable bonds is 6. The van der Waals surface area contributed by atoms with E-state index in [-0.39, 0.29) is 16.2 Å². The number of aryl methyl sites for hydroxylation is 1. The lowest BCUT2D eigenvalue weighted by molar-refractivity contribution is -0.143. The van der Waals surface area contributed by atoms with Gasteiger partial charge in [0.15, 0.2) is 0 Å². The first-order valence-corrected chi connectivity index (χ1v) is 9.18. The Labute approximate surface area is 157 Å². The van der Waals surface area contributed by atoms with Crippen molar-refractivity contribution in [1.82, 2.24) is 0 Å². The zero-order valence-corrected chi connectivity index (χ0v) is 15.8. The maximum atomic E-state index is 12.5. The highest BCUT2D eigenvalue weighted by Crippen LogP contribution is 2.25. The van der Waals surface area contributed by atoms with Gasteiger partial charge in [-0.2, -0.15) is 8.42 Å². The van der Waals surface area contributed by atoms with Gasteiger partial charge in [-0.15, -0.1) is 0 Å². The van der Waals surface area contributed by atoms with Crippen LogP contribution in [0.5, 0.6) is 5.75 Å². The normalized spacial score (nSPS) is 10.6. The molecule has 0 heterocycles. The summed E-state index contributed by atoms with van der Waals surface area (Å²) in [6, 6.07) is 12.2. The average molecular weight is 390 g/mol. The molecule has 27 heavy (non-hydrogen) atoms. The minimum atomic E-state index is -4.10. The van der Waals surface area contributed by atoms with Crippen molar-refractivity contribution in [1.29, 1.82) is 0 Å². The van der Waals surface area contributed by atoms with Gasteiger partial charge in [-0.3, -0.25) is 0 Å². The monoisotopic (exact) mass is 390 g/mol. The van der Waals surface area contributed by atoms with Crippen molar-refractivity contribution in [2.75, 3.05) is 14.2 Å². The largest absolute Gasteiger partial charge is 0.465 e. The standard InChI is InChI=1S/C19H18O7S/c1-13-8-10-15(11-9-13)27(22,23)26-17-7-5-4-6-14(17)12-16(18(20)24-2)19(21)25-3/h4-12H,1-3H3. The summed E-state index contributed by atoms with van der Waals surface area (Å²) in [5.74, 6) is -1.89. The van der Waals surface area contributed by atoms with Crippen LogP contribution in [0.3, 0.4) is 0 Å². The topological polar surface area (TPSA) is 96.0 Å². The third kappa shape index (κ3) is 4.95. The molecule has 0 bridgehead atoms. The van der Waals surface area contributed by atoms with Crippen LogP contribution in [0, 0.1) is 6.92 Å². The summed E-state index contributed by atoms with van der Waals surface area (Å²) in [5.41, 5.74) is 0.695. The summed E-state index contributed by atoms with van der Waals surface area (Å²) < 4.78 is 39.3. The molecular weight excluding hydrogens is 372 g/mol. The predicted molar refractivity (Wildman–Crippen MR) is 97.4 cm³/mol. The highest BCUT2D eigenvalue weighted by molar-refractivity contribution is 7.87. The number of methoxy groups -OCH3 is 2. The van der Waals surface area contributed by atoms with E-state index in [9.17, 15) is 18.0 Å². The van der Waals surface area contributed by atoms with Gasteiger partial charge in [0.1, 0.15) is 16.2 Å². The first-order chi connectivity index (χ1) is 12.8. The molecule has 2 rings (SSSR count). The van der Waals surface area contributed by atoms with Gasteiger partial charge in [0.25, 0.3) is 0 Å². The van der Waals surface area contributed by atoms with Crippen LogP contribution in [0.25, 0.3) is 6.08 Å². The molecule has 0 unspecified atom stereocenters. The minimum Gasteiger partial charge on any atom is -0.465 e. The number of hydrogen-bond donors (Lipinski definition) is 0. The van der Waals surface area contributed by atoms with Crippen molar-refractivity contribution >= 4 is 28.1 Å². The maximum Gasteiger partial charge on any atom is 0.345 e. The van der Waals surface area contributed by atoms with Gasteiger partial charge in [-0.05, 0) is 31.2 Å². The molecule has 142 valence electrons. The Kier molecular flexibility index (Phi) is 6.36. The van der Waals surface area contributed by atoms with Crippen molar-refractivity contribution in [2.24, 2.45) is 0 Å². The van der Waals surface area contributed by atoms with E-state index in [1.165, 1.54) is 24.3 Å². The first-order valence-electron chi connectivity index (χ1n) is 7.77. The number of hydrogen-bond acceptors (Lipinski definition) is 7. The molecular formula is C19H18O7S. The Hall–Kier alpha value is -3.13. The number of benzene rings is 2. The number of esters is 2. The van der Waals surface area contributed by atoms with E-state index < -0.39 is 27.6 Å². The second kappa shape index (κ2) is 8.50. The minimum absolute atomic E-state index is 0.0203. The fourth-order valence-corrected chi connectivity index (χ4v) is 3.08. The number of carbonyl (C=O) groups is 2. The Morgan fingerprint density at radius 1 is 0.889 bits per heavy atom. The Morgan fingerprint density at radius 3 is 2.00 bits per heavy atom. The lowest BCUT2D eigenvalue weighted by Gasteiger charge is -2.10. The Morgan fingerprint density at radius 2 is 1.44 bits per heavy atom. The zero-order valence-electron chi connectivity index (χ0n) is 15.0. The smallest absolute Gasteiger partial charge is 0.345 e. The van der Waals surface area contributed by atoms with Gasteiger partial charge in [-0.1, -0.05) is 35.9 Å². The SMILES string of the molecule is COC(=O)C(=Cc1ccccc1OS(=O)(=O)c1ccc(C)cc1)C(=O)OC. The molecule has 7 nitrogen and oxygen atoms in total. The highest BCUT2D eigenvalue weighted by Gasteiger charge is 2.22. The molecule has 0 amide bonds. The van der Waals surface area contributed by atoms with Gasteiger partial charge in [0.2, 0.25) is 0 Å². The van der Waals surface area contributed by atoms with E-state index in [0.29, 0.717) is 0 Å². The molecule has 0 aliphatic heterocycles.